The number of hydrogen-bond donors (Lipinski definition) is 0. The molecule has 29 heavy (non-hydrogen) atoms. The number of halogens is 2. The van der Waals surface area contributed by atoms with Crippen molar-refractivity contribution >= 4 is 50.0 Å². The van der Waals surface area contributed by atoms with Crippen LogP contribution in [0, 0.1) is 5.82 Å². The SMILES string of the molecule is O=C(CCc1ccccc1)N=C1S[C@@H]2CS(=O)(=O)C[C@@H]2N1c1ccc(F)c(Cl)c1. The number of aryl methyl sites for hydroxylation is 1. The Balaban J connectivity index is 1.59. The van der Waals surface area contributed by atoms with E-state index in [1.165, 1.54) is 30.0 Å². The standard InChI is InChI=1S/C20H18ClFN2O3S2/c21-15-10-14(7-8-16(15)22)24-17-11-29(26,27)12-18(17)28-20(24)23-19(25)9-6-13-4-2-1-3-5-13/h1-5,7-8,10,17-18H,6,9,11-12H2/t17-,18+/m0/s1. The first-order chi connectivity index (χ1) is 13.8. The number of sulfone groups is 1. The zero-order valence-corrected chi connectivity index (χ0v) is 17.7. The van der Waals surface area contributed by atoms with Crippen molar-refractivity contribution in [1.82, 2.24) is 0 Å². The summed E-state index contributed by atoms with van der Waals surface area (Å²) in [5.74, 6) is -0.838. The lowest BCUT2D eigenvalue weighted by Gasteiger charge is -2.24. The first kappa shape index (κ1) is 20.4. The van der Waals surface area contributed by atoms with Gasteiger partial charge in [-0.05, 0) is 30.2 Å². The highest BCUT2D eigenvalue weighted by Crippen LogP contribution is 2.41. The summed E-state index contributed by atoms with van der Waals surface area (Å²) in [5, 5.41) is 0.159. The molecule has 0 N–H and O–H groups in total. The molecule has 1 amide bonds. The molecule has 2 atom stereocenters. The number of nitrogens with zero attached hydrogens (tertiary/aromatic N) is 2. The van der Waals surface area contributed by atoms with Gasteiger partial charge in [0.1, 0.15) is 5.82 Å². The number of amides is 1. The predicted molar refractivity (Wildman–Crippen MR) is 115 cm³/mol. The summed E-state index contributed by atoms with van der Waals surface area (Å²) in [6.07, 6.45) is 0.824. The predicted octanol–water partition coefficient (Wildman–Crippen LogP) is 3.71. The fraction of sp³-hybridized carbons (Fsp3) is 0.300. The van der Waals surface area contributed by atoms with E-state index < -0.39 is 15.7 Å². The third-order valence-corrected chi connectivity index (χ3v) is 8.44. The Morgan fingerprint density at radius 1 is 1.21 bits per heavy atom. The van der Waals surface area contributed by atoms with Gasteiger partial charge in [0.05, 0.1) is 22.6 Å². The Morgan fingerprint density at radius 3 is 2.69 bits per heavy atom. The van der Waals surface area contributed by atoms with E-state index in [1.807, 2.05) is 30.3 Å². The second kappa shape index (κ2) is 8.08. The third-order valence-electron chi connectivity index (χ3n) is 4.94. The molecule has 2 heterocycles. The number of carbonyl (C=O) groups is 1. The number of amidine groups is 1. The first-order valence-electron chi connectivity index (χ1n) is 9.09. The normalized spacial score (nSPS) is 24.1. The van der Waals surface area contributed by atoms with E-state index in [-0.39, 0.29) is 40.1 Å². The van der Waals surface area contributed by atoms with Gasteiger partial charge < -0.3 is 4.90 Å². The molecule has 9 heteroatoms. The Kier molecular flexibility index (Phi) is 5.68. The van der Waals surface area contributed by atoms with Gasteiger partial charge >= 0.3 is 0 Å². The molecule has 0 bridgehead atoms. The van der Waals surface area contributed by atoms with Gasteiger partial charge in [-0.3, -0.25) is 4.79 Å². The van der Waals surface area contributed by atoms with Crippen LogP contribution in [-0.2, 0) is 21.1 Å². The lowest BCUT2D eigenvalue weighted by molar-refractivity contribution is -0.117. The maximum atomic E-state index is 13.6. The van der Waals surface area contributed by atoms with E-state index in [2.05, 4.69) is 4.99 Å². The van der Waals surface area contributed by atoms with Crippen LogP contribution in [0.3, 0.4) is 0 Å². The smallest absolute Gasteiger partial charge is 0.248 e. The van der Waals surface area contributed by atoms with Crippen molar-refractivity contribution in [2.24, 2.45) is 4.99 Å². The average molecular weight is 453 g/mol. The summed E-state index contributed by atoms with van der Waals surface area (Å²) in [7, 11) is -3.17. The van der Waals surface area contributed by atoms with Crippen LogP contribution in [0.2, 0.25) is 5.02 Å². The fourth-order valence-electron chi connectivity index (χ4n) is 3.56. The minimum absolute atomic E-state index is 0.0309. The zero-order chi connectivity index (χ0) is 20.6. The van der Waals surface area contributed by atoms with E-state index in [0.29, 0.717) is 17.3 Å². The highest BCUT2D eigenvalue weighted by atomic mass is 35.5. The molecular weight excluding hydrogens is 435 g/mol. The third kappa shape index (κ3) is 4.49. The highest BCUT2D eigenvalue weighted by molar-refractivity contribution is 8.16. The summed E-state index contributed by atoms with van der Waals surface area (Å²) >= 11 is 7.21. The zero-order valence-electron chi connectivity index (χ0n) is 15.3. The Morgan fingerprint density at radius 2 is 1.97 bits per heavy atom. The molecule has 2 aliphatic heterocycles. The maximum Gasteiger partial charge on any atom is 0.248 e. The van der Waals surface area contributed by atoms with E-state index in [1.54, 1.807) is 4.90 Å². The van der Waals surface area contributed by atoms with Crippen LogP contribution in [-0.4, -0.2) is 42.3 Å². The summed E-state index contributed by atoms with van der Waals surface area (Å²) in [5.41, 5.74) is 1.58. The van der Waals surface area contributed by atoms with E-state index >= 15 is 0 Å². The van der Waals surface area contributed by atoms with E-state index in [4.69, 9.17) is 11.6 Å². The molecular formula is C20H18ClFN2O3S2. The van der Waals surface area contributed by atoms with E-state index in [0.717, 1.165) is 5.56 Å². The largest absolute Gasteiger partial charge is 0.316 e. The summed E-state index contributed by atoms with van der Waals surface area (Å²) in [6.45, 7) is 0. The van der Waals surface area contributed by atoms with Crippen molar-refractivity contribution in [2.45, 2.75) is 24.1 Å². The number of benzene rings is 2. The number of anilines is 1. The Hall–Kier alpha value is -1.90. The number of rotatable bonds is 4. The number of carbonyl (C=O) groups excluding carboxylic acids is 1. The molecule has 152 valence electrons. The lowest BCUT2D eigenvalue weighted by Crippen LogP contribution is -2.37. The summed E-state index contributed by atoms with van der Waals surface area (Å²) in [6, 6.07) is 13.5. The molecule has 2 aromatic carbocycles. The van der Waals surface area contributed by atoms with Crippen molar-refractivity contribution in [3.8, 4) is 0 Å². The summed E-state index contributed by atoms with van der Waals surface area (Å²) < 4.78 is 37.8. The number of hydrogen-bond acceptors (Lipinski definition) is 4. The molecule has 0 spiro atoms. The van der Waals surface area contributed by atoms with Gasteiger partial charge in [-0.2, -0.15) is 4.99 Å². The van der Waals surface area contributed by atoms with E-state index in [9.17, 15) is 17.6 Å². The van der Waals surface area contributed by atoms with Crippen LogP contribution in [0.25, 0.3) is 0 Å². The molecule has 2 saturated heterocycles. The number of thioether (sulfide) groups is 1. The van der Waals surface area contributed by atoms with Gasteiger partial charge in [-0.15, -0.1) is 0 Å². The van der Waals surface area contributed by atoms with Crippen molar-refractivity contribution in [3.63, 3.8) is 0 Å². The van der Waals surface area contributed by atoms with Crippen LogP contribution in [0.4, 0.5) is 10.1 Å². The maximum absolute atomic E-state index is 13.6. The van der Waals surface area contributed by atoms with Gasteiger partial charge in [-0.1, -0.05) is 53.7 Å². The fourth-order valence-corrected chi connectivity index (χ4v) is 7.67. The molecule has 2 fully saturated rings. The van der Waals surface area contributed by atoms with Crippen molar-refractivity contribution < 1.29 is 17.6 Å². The molecule has 0 unspecified atom stereocenters. The molecule has 2 aliphatic rings. The molecule has 5 nitrogen and oxygen atoms in total. The van der Waals surface area contributed by atoms with Gasteiger partial charge in [0.25, 0.3) is 0 Å². The molecule has 0 aromatic heterocycles. The second-order valence-electron chi connectivity index (χ2n) is 7.04. The summed E-state index contributed by atoms with van der Waals surface area (Å²) in [4.78, 5) is 18.5. The molecule has 0 saturated carbocycles. The number of fused-ring (bicyclic) bond motifs is 1. The van der Waals surface area contributed by atoms with Crippen molar-refractivity contribution in [1.29, 1.82) is 0 Å². The number of aliphatic imine (C=N–C) groups is 1. The molecule has 2 aromatic rings. The van der Waals surface area contributed by atoms with Crippen molar-refractivity contribution in [2.75, 3.05) is 16.4 Å². The van der Waals surface area contributed by atoms with Crippen LogP contribution in [0.15, 0.2) is 53.5 Å². The topological polar surface area (TPSA) is 66.8 Å². The quantitative estimate of drug-likeness (QED) is 0.707. The Labute approximate surface area is 177 Å². The minimum atomic E-state index is -3.17. The van der Waals surface area contributed by atoms with Gasteiger partial charge in [-0.25, -0.2) is 12.8 Å². The molecule has 0 radical (unpaired) electrons. The van der Waals surface area contributed by atoms with Crippen LogP contribution >= 0.6 is 23.4 Å². The van der Waals surface area contributed by atoms with Crippen LogP contribution < -0.4 is 4.90 Å². The monoisotopic (exact) mass is 452 g/mol. The second-order valence-corrected chi connectivity index (χ2v) is 10.8. The lowest BCUT2D eigenvalue weighted by atomic mass is 10.1. The average Bonchev–Trinajstić information content (AvgIpc) is 3.14. The van der Waals surface area contributed by atoms with Crippen molar-refractivity contribution in [3.05, 3.63) is 64.9 Å². The molecule has 0 aliphatic carbocycles. The highest BCUT2D eigenvalue weighted by Gasteiger charge is 2.49. The Bertz CT molecular complexity index is 1080. The molecule has 4 rings (SSSR count). The minimum Gasteiger partial charge on any atom is -0.316 e. The van der Waals surface area contributed by atoms with Gasteiger partial charge in [0.15, 0.2) is 15.0 Å². The van der Waals surface area contributed by atoms with Gasteiger partial charge in [0.2, 0.25) is 5.91 Å². The van der Waals surface area contributed by atoms with Gasteiger partial charge in [0, 0.05) is 17.4 Å². The first-order valence-corrected chi connectivity index (χ1v) is 12.2. The van der Waals surface area contributed by atoms with Crippen LogP contribution in [0.1, 0.15) is 12.0 Å². The van der Waals surface area contributed by atoms with Crippen LogP contribution in [0.5, 0.6) is 0 Å².